The predicted molar refractivity (Wildman–Crippen MR) is 98.7 cm³/mol. The fourth-order valence-corrected chi connectivity index (χ4v) is 3.05. The van der Waals surface area contributed by atoms with Crippen molar-refractivity contribution >= 4 is 17.5 Å². The van der Waals surface area contributed by atoms with E-state index in [4.69, 9.17) is 0 Å². The van der Waals surface area contributed by atoms with Crippen LogP contribution < -0.4 is 20.4 Å². The topological polar surface area (TPSA) is 67.1 Å². The molecule has 4 N–H and O–H groups in total. The molecule has 1 aromatic rings. The monoisotopic (exact) mass is 366 g/mol. The molecule has 0 saturated carbocycles. The van der Waals surface area contributed by atoms with Crippen molar-refractivity contribution < 1.29 is 23.8 Å². The van der Waals surface area contributed by atoms with E-state index in [1.165, 1.54) is 21.9 Å². The van der Waals surface area contributed by atoms with Crippen molar-refractivity contribution in [2.45, 2.75) is 32.7 Å². The van der Waals surface area contributed by atoms with E-state index in [0.29, 0.717) is 18.8 Å². The van der Waals surface area contributed by atoms with Gasteiger partial charge in [-0.2, -0.15) is 0 Å². The summed E-state index contributed by atoms with van der Waals surface area (Å²) in [6.45, 7) is 10.4. The summed E-state index contributed by atoms with van der Waals surface area (Å²) in [6, 6.07) is 5.91. The Hall–Kier alpha value is -1.99. The van der Waals surface area contributed by atoms with Gasteiger partial charge in [0.1, 0.15) is 32.0 Å². The minimum Gasteiger partial charge on any atom is -0.346 e. The van der Waals surface area contributed by atoms with E-state index >= 15 is 0 Å². The van der Waals surface area contributed by atoms with Gasteiger partial charge in [-0.15, -0.1) is 0 Å². The largest absolute Gasteiger partial charge is 0.346 e. The Labute approximate surface area is 154 Å². The number of hydrogen-bond acceptors (Lipinski definition) is 2. The summed E-state index contributed by atoms with van der Waals surface area (Å²) in [5.74, 6) is -0.396. The number of quaternary nitrogens is 2. The lowest BCUT2D eigenvalue weighted by molar-refractivity contribution is -1.00. The number of nitrogens with one attached hydrogen (secondary N) is 4. The Morgan fingerprint density at radius 1 is 1.08 bits per heavy atom. The normalized spacial score (nSPS) is 20.5. The average Bonchev–Trinajstić information content (AvgIpc) is 2.56. The maximum atomic E-state index is 13.2. The van der Waals surface area contributed by atoms with E-state index < -0.39 is 0 Å². The molecular formula is C19H31FN4O2+2. The fourth-order valence-electron chi connectivity index (χ4n) is 3.05. The summed E-state index contributed by atoms with van der Waals surface area (Å²) < 4.78 is 13.2. The van der Waals surface area contributed by atoms with Gasteiger partial charge in [0.2, 0.25) is 0 Å². The van der Waals surface area contributed by atoms with Crippen LogP contribution >= 0.6 is 0 Å². The molecule has 0 radical (unpaired) electrons. The van der Waals surface area contributed by atoms with E-state index in [9.17, 15) is 14.0 Å². The zero-order valence-electron chi connectivity index (χ0n) is 16.0. The third kappa shape index (κ3) is 6.72. The summed E-state index contributed by atoms with van der Waals surface area (Å²) in [5.41, 5.74) is 0.312. The maximum absolute atomic E-state index is 13.2. The zero-order valence-corrected chi connectivity index (χ0v) is 16.0. The summed E-state index contributed by atoms with van der Waals surface area (Å²) in [5, 5.41) is 5.80. The molecule has 0 unspecified atom stereocenters. The third-order valence-corrected chi connectivity index (χ3v) is 4.96. The van der Waals surface area contributed by atoms with Gasteiger partial charge in [0.25, 0.3) is 11.8 Å². The Kier molecular flexibility index (Phi) is 7.11. The van der Waals surface area contributed by atoms with Gasteiger partial charge in [0.05, 0.1) is 0 Å². The van der Waals surface area contributed by atoms with Crippen LogP contribution in [0.25, 0.3) is 0 Å². The Balaban J connectivity index is 1.71. The van der Waals surface area contributed by atoms with Crippen molar-refractivity contribution in [2.24, 2.45) is 0 Å². The zero-order chi connectivity index (χ0) is 19.2. The molecule has 6 nitrogen and oxygen atoms in total. The van der Waals surface area contributed by atoms with Crippen LogP contribution in [0, 0.1) is 5.82 Å². The number of carbonyl (C=O) groups is 2. The highest BCUT2D eigenvalue weighted by molar-refractivity contribution is 5.91. The Morgan fingerprint density at radius 2 is 1.65 bits per heavy atom. The molecule has 1 aliphatic rings. The highest BCUT2D eigenvalue weighted by Crippen LogP contribution is 2.08. The molecule has 0 atom stereocenters. The molecule has 1 saturated heterocycles. The van der Waals surface area contributed by atoms with Crippen LogP contribution in [-0.4, -0.2) is 56.6 Å². The number of rotatable bonds is 7. The Bertz CT molecular complexity index is 628. The SMILES string of the molecule is CCC(C)(C)NC(=O)C[NH+]1CC[NH+](CC(=O)Nc2cccc(F)c2)CC1. The number of benzene rings is 1. The fraction of sp³-hybridized carbons (Fsp3) is 0.579. The van der Waals surface area contributed by atoms with Crippen LogP contribution in [0.5, 0.6) is 0 Å². The van der Waals surface area contributed by atoms with E-state index in [-0.39, 0.29) is 23.2 Å². The van der Waals surface area contributed by atoms with Gasteiger partial charge in [-0.3, -0.25) is 9.59 Å². The average molecular weight is 366 g/mol. The summed E-state index contributed by atoms with van der Waals surface area (Å²) in [4.78, 5) is 26.7. The second-order valence-electron chi connectivity index (χ2n) is 7.70. The third-order valence-electron chi connectivity index (χ3n) is 4.96. The predicted octanol–water partition coefficient (Wildman–Crippen LogP) is -1.15. The highest BCUT2D eigenvalue weighted by Gasteiger charge is 2.27. The van der Waals surface area contributed by atoms with Gasteiger partial charge < -0.3 is 20.4 Å². The number of hydrogen-bond donors (Lipinski definition) is 4. The first-order valence-corrected chi connectivity index (χ1v) is 9.31. The first-order valence-electron chi connectivity index (χ1n) is 9.31. The first-order chi connectivity index (χ1) is 12.3. The van der Waals surface area contributed by atoms with Crippen LogP contribution in [0.2, 0.25) is 0 Å². The second kappa shape index (κ2) is 9.09. The minimum absolute atomic E-state index is 0.0825. The molecule has 2 rings (SSSR count). The molecule has 0 bridgehead atoms. The highest BCUT2D eigenvalue weighted by atomic mass is 19.1. The number of carbonyl (C=O) groups excluding carboxylic acids is 2. The molecule has 1 heterocycles. The second-order valence-corrected chi connectivity index (χ2v) is 7.70. The molecular weight excluding hydrogens is 335 g/mol. The van der Waals surface area contributed by atoms with E-state index in [1.54, 1.807) is 12.1 Å². The van der Waals surface area contributed by atoms with Gasteiger partial charge >= 0.3 is 0 Å². The lowest BCUT2D eigenvalue weighted by Gasteiger charge is -2.30. The van der Waals surface area contributed by atoms with E-state index in [1.807, 2.05) is 13.8 Å². The summed E-state index contributed by atoms with van der Waals surface area (Å²) in [7, 11) is 0. The molecule has 7 heteroatoms. The number of halogens is 1. The molecule has 0 aromatic heterocycles. The van der Waals surface area contributed by atoms with E-state index in [0.717, 1.165) is 32.6 Å². The standard InChI is InChI=1S/C19H29FN4O2/c1-4-19(2,3)22-18(26)14-24-10-8-23(9-11-24)13-17(25)21-16-7-5-6-15(20)12-16/h5-7,12H,4,8-11,13-14H2,1-3H3,(H,21,25)(H,22,26)/p+2. The summed E-state index contributed by atoms with van der Waals surface area (Å²) in [6.07, 6.45) is 0.895. The molecule has 0 spiro atoms. The van der Waals surface area contributed by atoms with Crippen molar-refractivity contribution in [3.05, 3.63) is 30.1 Å². The lowest BCUT2D eigenvalue weighted by atomic mass is 10.0. The first kappa shape index (κ1) is 20.3. The number of amides is 2. The van der Waals surface area contributed by atoms with E-state index in [2.05, 4.69) is 17.6 Å². The van der Waals surface area contributed by atoms with Crippen LogP contribution in [-0.2, 0) is 9.59 Å². The molecule has 0 aliphatic carbocycles. The maximum Gasteiger partial charge on any atom is 0.279 e. The number of piperazine rings is 1. The lowest BCUT2D eigenvalue weighted by Crippen LogP contribution is -3.28. The van der Waals surface area contributed by atoms with Gasteiger partial charge in [-0.25, -0.2) is 4.39 Å². The molecule has 1 fully saturated rings. The van der Waals surface area contributed by atoms with Crippen molar-refractivity contribution in [1.29, 1.82) is 0 Å². The van der Waals surface area contributed by atoms with Crippen LogP contribution in [0.4, 0.5) is 10.1 Å². The minimum atomic E-state index is -0.364. The summed E-state index contributed by atoms with van der Waals surface area (Å²) >= 11 is 0. The van der Waals surface area contributed by atoms with Crippen LogP contribution in [0.1, 0.15) is 27.2 Å². The van der Waals surface area contributed by atoms with Crippen LogP contribution in [0.3, 0.4) is 0 Å². The van der Waals surface area contributed by atoms with Crippen molar-refractivity contribution in [3.8, 4) is 0 Å². The smallest absolute Gasteiger partial charge is 0.279 e. The van der Waals surface area contributed by atoms with Gasteiger partial charge in [0.15, 0.2) is 13.1 Å². The Morgan fingerprint density at radius 3 is 2.19 bits per heavy atom. The molecule has 26 heavy (non-hydrogen) atoms. The van der Waals surface area contributed by atoms with Crippen molar-refractivity contribution in [1.82, 2.24) is 5.32 Å². The van der Waals surface area contributed by atoms with Crippen LogP contribution in [0.15, 0.2) is 24.3 Å². The van der Waals surface area contributed by atoms with Gasteiger partial charge in [0, 0.05) is 11.2 Å². The quantitative estimate of drug-likeness (QED) is 0.493. The van der Waals surface area contributed by atoms with Crippen molar-refractivity contribution in [2.75, 3.05) is 44.6 Å². The van der Waals surface area contributed by atoms with Gasteiger partial charge in [-0.1, -0.05) is 13.0 Å². The van der Waals surface area contributed by atoms with Crippen molar-refractivity contribution in [3.63, 3.8) is 0 Å². The van der Waals surface area contributed by atoms with Gasteiger partial charge in [-0.05, 0) is 38.5 Å². The molecule has 1 aliphatic heterocycles. The number of anilines is 1. The molecule has 1 aromatic carbocycles. The molecule has 144 valence electrons. The molecule has 2 amide bonds.